The van der Waals surface area contributed by atoms with Crippen LogP contribution in [0.1, 0.15) is 37.7 Å². The number of ether oxygens (including phenoxy) is 1. The number of nitrogens with zero attached hydrogens (tertiary/aromatic N) is 1. The zero-order valence-electron chi connectivity index (χ0n) is 12.5. The Bertz CT molecular complexity index is 587. The van der Waals surface area contributed by atoms with E-state index in [1.165, 1.54) is 12.8 Å². The topological polar surface area (TPSA) is 79.2 Å². The minimum atomic E-state index is -2.50. The third-order valence-electron chi connectivity index (χ3n) is 4.25. The summed E-state index contributed by atoms with van der Waals surface area (Å²) in [5.74, 6) is 1.67. The molecule has 0 aliphatic heterocycles. The van der Waals surface area contributed by atoms with Gasteiger partial charge in [-0.15, -0.1) is 0 Å². The van der Waals surface area contributed by atoms with Crippen LogP contribution in [0.5, 0.6) is 5.75 Å². The molecule has 0 heterocycles. The Morgan fingerprint density at radius 3 is 2.77 bits per heavy atom. The largest absolute Gasteiger partial charge is 0.493 e. The molecule has 2 unspecified atom stereocenters. The predicted octanol–water partition coefficient (Wildman–Crippen LogP) is 2.25. The highest BCUT2D eigenvalue weighted by Crippen LogP contribution is 2.32. The summed E-state index contributed by atoms with van der Waals surface area (Å²) < 4.78 is 29.5. The minimum absolute atomic E-state index is 0.450. The van der Waals surface area contributed by atoms with Crippen LogP contribution in [0.2, 0.25) is 0 Å². The fourth-order valence-corrected chi connectivity index (χ4v) is 3.40. The molecule has 0 spiro atoms. The van der Waals surface area contributed by atoms with Crippen molar-refractivity contribution in [3.8, 4) is 11.8 Å². The van der Waals surface area contributed by atoms with Crippen LogP contribution in [0.4, 0.5) is 0 Å². The summed E-state index contributed by atoms with van der Waals surface area (Å²) in [5.41, 5.74) is 0.598. The van der Waals surface area contributed by atoms with Crippen molar-refractivity contribution < 1.29 is 13.2 Å². The van der Waals surface area contributed by atoms with Gasteiger partial charge in [0.1, 0.15) is 5.75 Å². The average molecular weight is 322 g/mol. The van der Waals surface area contributed by atoms with Gasteiger partial charge >= 0.3 is 0 Å². The van der Waals surface area contributed by atoms with Crippen LogP contribution < -0.4 is 9.46 Å². The monoisotopic (exact) mass is 322 g/mol. The molecule has 5 nitrogen and oxygen atoms in total. The van der Waals surface area contributed by atoms with E-state index in [0.717, 1.165) is 25.0 Å². The maximum atomic E-state index is 10.6. The summed E-state index contributed by atoms with van der Waals surface area (Å²) in [5, 5.41) is 8.90. The van der Waals surface area contributed by atoms with E-state index < -0.39 is 10.9 Å². The summed E-state index contributed by atoms with van der Waals surface area (Å²) in [4.78, 5) is 0. The number of thiol groups is 1. The van der Waals surface area contributed by atoms with E-state index in [1.54, 1.807) is 12.1 Å². The molecule has 1 aliphatic carbocycles. The number of nitriles is 1. The Hall–Kier alpha value is -1.58. The summed E-state index contributed by atoms with van der Waals surface area (Å²) in [6.45, 7) is 1.13. The normalized spacial score (nSPS) is 21.5. The van der Waals surface area contributed by atoms with Crippen molar-refractivity contribution in [1.82, 2.24) is 4.72 Å². The quantitative estimate of drug-likeness (QED) is 0.755. The molecule has 1 N–H and O–H groups in total. The van der Waals surface area contributed by atoms with Crippen LogP contribution in [0, 0.1) is 23.2 Å². The third kappa shape index (κ3) is 5.32. The summed E-state index contributed by atoms with van der Waals surface area (Å²) in [7, 11) is -2.50. The van der Waals surface area contributed by atoms with Gasteiger partial charge in [0.15, 0.2) is 0 Å². The molecule has 1 aromatic rings. The SMILES string of the molecule is N#Cc1cccc(OCC2CCCCC2CCN[SH](=O)=O)c1. The van der Waals surface area contributed by atoms with Crippen molar-refractivity contribution in [1.29, 1.82) is 5.26 Å². The lowest BCUT2D eigenvalue weighted by atomic mass is 9.78. The van der Waals surface area contributed by atoms with E-state index >= 15 is 0 Å². The van der Waals surface area contributed by atoms with Gasteiger partial charge in [0.2, 0.25) is 10.9 Å². The standard InChI is InChI=1S/C16H22N2O3S/c17-11-13-4-3-7-16(10-13)21-12-15-6-2-1-5-14(15)8-9-18-22(19)20/h3-4,7,10,14-15,22H,1-2,5-6,8-9,12H2,(H,18,19,20). The number of benzene rings is 1. The highest BCUT2D eigenvalue weighted by molar-refractivity contribution is 7.70. The molecule has 2 rings (SSSR count). The average Bonchev–Trinajstić information content (AvgIpc) is 2.54. The maximum absolute atomic E-state index is 10.6. The van der Waals surface area contributed by atoms with E-state index in [2.05, 4.69) is 10.8 Å². The van der Waals surface area contributed by atoms with Gasteiger partial charge in [-0.25, -0.2) is 13.1 Å². The summed E-state index contributed by atoms with van der Waals surface area (Å²) >= 11 is 0. The lowest BCUT2D eigenvalue weighted by molar-refractivity contribution is 0.143. The first-order chi connectivity index (χ1) is 10.7. The number of hydrogen-bond acceptors (Lipinski definition) is 4. The molecule has 0 saturated heterocycles. The van der Waals surface area contributed by atoms with Gasteiger partial charge in [0.25, 0.3) is 0 Å². The molecule has 0 amide bonds. The van der Waals surface area contributed by atoms with Gasteiger partial charge in [0.05, 0.1) is 18.2 Å². The molecule has 22 heavy (non-hydrogen) atoms. The van der Waals surface area contributed by atoms with Crippen LogP contribution in [-0.2, 0) is 10.9 Å². The van der Waals surface area contributed by atoms with Gasteiger partial charge in [0, 0.05) is 6.54 Å². The molecule has 120 valence electrons. The zero-order valence-corrected chi connectivity index (χ0v) is 13.4. The van der Waals surface area contributed by atoms with Crippen LogP contribution in [-0.4, -0.2) is 21.6 Å². The van der Waals surface area contributed by atoms with Crippen molar-refractivity contribution in [2.45, 2.75) is 32.1 Å². The molecule has 0 aromatic heterocycles. The molecule has 1 saturated carbocycles. The molecular formula is C16H22N2O3S. The first-order valence-corrected chi connectivity index (χ1v) is 8.87. The van der Waals surface area contributed by atoms with E-state index in [1.807, 2.05) is 12.1 Å². The van der Waals surface area contributed by atoms with Crippen LogP contribution in [0.25, 0.3) is 0 Å². The van der Waals surface area contributed by atoms with Gasteiger partial charge < -0.3 is 4.74 Å². The maximum Gasteiger partial charge on any atom is 0.201 e. The summed E-state index contributed by atoms with van der Waals surface area (Å²) in [6, 6.07) is 9.30. The Labute approximate surface area is 133 Å². The van der Waals surface area contributed by atoms with Crippen molar-refractivity contribution >= 4 is 10.9 Å². The van der Waals surface area contributed by atoms with Gasteiger partial charge in [-0.3, -0.25) is 0 Å². The van der Waals surface area contributed by atoms with Crippen LogP contribution >= 0.6 is 0 Å². The smallest absolute Gasteiger partial charge is 0.201 e. The van der Waals surface area contributed by atoms with Crippen molar-refractivity contribution in [3.63, 3.8) is 0 Å². The van der Waals surface area contributed by atoms with Gasteiger partial charge in [-0.05, 0) is 42.9 Å². The lowest BCUT2D eigenvalue weighted by Gasteiger charge is -2.31. The van der Waals surface area contributed by atoms with Crippen LogP contribution in [0.15, 0.2) is 24.3 Å². The fourth-order valence-electron chi connectivity index (χ4n) is 3.08. The molecule has 6 heteroatoms. The Kier molecular flexibility index (Phi) is 6.69. The molecule has 1 fully saturated rings. The minimum Gasteiger partial charge on any atom is -0.493 e. The number of nitrogens with one attached hydrogen (secondary N) is 1. The molecule has 2 atom stereocenters. The van der Waals surface area contributed by atoms with Crippen LogP contribution in [0.3, 0.4) is 0 Å². The second-order valence-corrected chi connectivity index (χ2v) is 6.54. The van der Waals surface area contributed by atoms with Crippen molar-refractivity contribution in [2.24, 2.45) is 11.8 Å². The number of hydrogen-bond donors (Lipinski definition) is 2. The highest BCUT2D eigenvalue weighted by Gasteiger charge is 2.25. The molecule has 1 aliphatic rings. The molecule has 1 aromatic carbocycles. The second kappa shape index (κ2) is 8.76. The highest BCUT2D eigenvalue weighted by atomic mass is 32.2. The van der Waals surface area contributed by atoms with Gasteiger partial charge in [-0.2, -0.15) is 5.26 Å². The van der Waals surface area contributed by atoms with E-state index in [4.69, 9.17) is 10.00 Å². The first kappa shape index (κ1) is 16.8. The molecular weight excluding hydrogens is 300 g/mol. The Morgan fingerprint density at radius 1 is 1.27 bits per heavy atom. The van der Waals surface area contributed by atoms with Gasteiger partial charge in [-0.1, -0.05) is 25.3 Å². The molecule has 0 radical (unpaired) electrons. The molecule has 0 bridgehead atoms. The first-order valence-electron chi connectivity index (χ1n) is 7.70. The van der Waals surface area contributed by atoms with E-state index in [-0.39, 0.29) is 0 Å². The fraction of sp³-hybridized carbons (Fsp3) is 0.562. The Balaban J connectivity index is 1.86. The van der Waals surface area contributed by atoms with E-state index in [0.29, 0.717) is 30.6 Å². The van der Waals surface area contributed by atoms with Crippen molar-refractivity contribution in [3.05, 3.63) is 29.8 Å². The third-order valence-corrected chi connectivity index (χ3v) is 4.73. The summed E-state index contributed by atoms with van der Waals surface area (Å²) in [6.07, 6.45) is 5.51. The lowest BCUT2D eigenvalue weighted by Crippen LogP contribution is -2.28. The predicted molar refractivity (Wildman–Crippen MR) is 85.0 cm³/mol. The number of rotatable bonds is 7. The van der Waals surface area contributed by atoms with E-state index in [9.17, 15) is 8.42 Å². The zero-order chi connectivity index (χ0) is 15.8. The second-order valence-electron chi connectivity index (χ2n) is 5.71. The van der Waals surface area contributed by atoms with Crippen molar-refractivity contribution in [2.75, 3.05) is 13.2 Å². The Morgan fingerprint density at radius 2 is 2.05 bits per heavy atom.